The van der Waals surface area contributed by atoms with Crippen LogP contribution in [0.25, 0.3) is 0 Å². The summed E-state index contributed by atoms with van der Waals surface area (Å²) in [5.74, 6) is 6.51. The second-order valence-electron chi connectivity index (χ2n) is 4.70. The molecule has 0 radical (unpaired) electrons. The molecule has 0 bridgehead atoms. The first-order valence-electron chi connectivity index (χ1n) is 5.91. The fourth-order valence-electron chi connectivity index (χ4n) is 1.44. The van der Waals surface area contributed by atoms with Crippen LogP contribution in [-0.2, 0) is 9.53 Å². The highest BCUT2D eigenvalue weighted by Gasteiger charge is 2.16. The summed E-state index contributed by atoms with van der Waals surface area (Å²) in [6.45, 7) is 4.26. The van der Waals surface area contributed by atoms with Gasteiger partial charge in [0.2, 0.25) is 0 Å². The summed E-state index contributed by atoms with van der Waals surface area (Å²) in [7, 11) is 0. The molecule has 0 saturated heterocycles. The van der Waals surface area contributed by atoms with E-state index >= 15 is 0 Å². The molecule has 0 aliphatic rings. The second-order valence-corrected chi connectivity index (χ2v) is 4.70. The van der Waals surface area contributed by atoms with Crippen LogP contribution in [0, 0.1) is 30.0 Å². The maximum Gasteiger partial charge on any atom is 0.304 e. The number of terminal acetylenes is 1. The van der Waals surface area contributed by atoms with Gasteiger partial charge >= 0.3 is 5.97 Å². The number of hydrogen-bond donors (Lipinski definition) is 1. The summed E-state index contributed by atoms with van der Waals surface area (Å²) in [5, 5.41) is 9.59. The van der Waals surface area contributed by atoms with Gasteiger partial charge in [0.05, 0.1) is 0 Å². The summed E-state index contributed by atoms with van der Waals surface area (Å²) in [5.41, 5.74) is -0.518. The number of esters is 1. The van der Waals surface area contributed by atoms with Gasteiger partial charge in [-0.05, 0) is 32.0 Å². The molecule has 1 N–H and O–H groups in total. The van der Waals surface area contributed by atoms with Crippen molar-refractivity contribution >= 4 is 5.97 Å². The van der Waals surface area contributed by atoms with E-state index in [1.165, 1.54) is 39.0 Å². The highest BCUT2D eigenvalue weighted by atomic mass is 19.1. The molecule has 0 aromatic heterocycles. The maximum absolute atomic E-state index is 13.3. The van der Waals surface area contributed by atoms with Crippen molar-refractivity contribution in [3.63, 3.8) is 0 Å². The first-order valence-corrected chi connectivity index (χ1v) is 5.91. The number of benzene rings is 1. The topological polar surface area (TPSA) is 46.5 Å². The van der Waals surface area contributed by atoms with E-state index in [9.17, 15) is 14.3 Å². The lowest BCUT2D eigenvalue weighted by molar-refractivity contribution is -0.144. The molecular weight excluding hydrogens is 259 g/mol. The van der Waals surface area contributed by atoms with Crippen LogP contribution in [0.15, 0.2) is 18.2 Å². The minimum atomic E-state index is -1.20. The largest absolute Gasteiger partial charge is 0.444 e. The van der Waals surface area contributed by atoms with Crippen molar-refractivity contribution in [3.8, 4) is 24.2 Å². The third-order valence-electron chi connectivity index (χ3n) is 2.23. The van der Waals surface area contributed by atoms with Gasteiger partial charge in [-0.3, -0.25) is 4.79 Å². The standard InChI is InChI=1S/C16H15FO3/c1-5-15(20-11(2)18)14-10-13(17)7-6-12(14)8-9-16(3,4)19/h1,6-7,10,15,19H,2-4H3. The molecule has 0 amide bonds. The smallest absolute Gasteiger partial charge is 0.304 e. The van der Waals surface area contributed by atoms with Crippen LogP contribution in [0.2, 0.25) is 0 Å². The average molecular weight is 274 g/mol. The van der Waals surface area contributed by atoms with Crippen molar-refractivity contribution in [2.24, 2.45) is 0 Å². The molecule has 0 fully saturated rings. The molecule has 1 rings (SSSR count). The van der Waals surface area contributed by atoms with Gasteiger partial charge in [0.1, 0.15) is 11.4 Å². The Balaban J connectivity index is 3.29. The van der Waals surface area contributed by atoms with Crippen molar-refractivity contribution in [3.05, 3.63) is 35.1 Å². The van der Waals surface area contributed by atoms with Gasteiger partial charge in [0, 0.05) is 18.1 Å². The van der Waals surface area contributed by atoms with Crippen LogP contribution in [0.5, 0.6) is 0 Å². The van der Waals surface area contributed by atoms with Crippen LogP contribution < -0.4 is 0 Å². The molecule has 1 unspecified atom stereocenters. The Bertz CT molecular complexity index is 609. The van der Waals surface area contributed by atoms with Crippen LogP contribution in [-0.4, -0.2) is 16.7 Å². The van der Waals surface area contributed by atoms with E-state index in [-0.39, 0.29) is 5.56 Å². The van der Waals surface area contributed by atoms with Crippen molar-refractivity contribution in [1.82, 2.24) is 0 Å². The summed E-state index contributed by atoms with van der Waals surface area (Å²) < 4.78 is 18.3. The van der Waals surface area contributed by atoms with Crippen LogP contribution >= 0.6 is 0 Å². The Labute approximate surface area is 117 Å². The first-order chi connectivity index (χ1) is 9.23. The average Bonchev–Trinajstić information content (AvgIpc) is 2.33. The van der Waals surface area contributed by atoms with E-state index in [0.717, 1.165) is 0 Å². The van der Waals surface area contributed by atoms with Crippen molar-refractivity contribution in [2.45, 2.75) is 32.5 Å². The second kappa shape index (κ2) is 6.23. The minimum absolute atomic E-state index is 0.277. The van der Waals surface area contributed by atoms with Crippen molar-refractivity contribution < 1.29 is 19.0 Å². The minimum Gasteiger partial charge on any atom is -0.444 e. The zero-order valence-corrected chi connectivity index (χ0v) is 11.5. The van der Waals surface area contributed by atoms with Gasteiger partial charge < -0.3 is 9.84 Å². The molecule has 0 aliphatic carbocycles. The zero-order chi connectivity index (χ0) is 15.3. The van der Waals surface area contributed by atoms with Gasteiger partial charge in [-0.25, -0.2) is 4.39 Å². The Hall–Kier alpha value is -2.30. The number of hydrogen-bond acceptors (Lipinski definition) is 3. The predicted molar refractivity (Wildman–Crippen MR) is 72.9 cm³/mol. The normalized spacial score (nSPS) is 11.8. The quantitative estimate of drug-likeness (QED) is 0.664. The number of halogens is 1. The molecular formula is C16H15FO3. The summed E-state index contributed by atoms with van der Waals surface area (Å²) in [6, 6.07) is 3.82. The molecule has 1 atom stereocenters. The van der Waals surface area contributed by atoms with E-state index in [1.54, 1.807) is 0 Å². The lowest BCUT2D eigenvalue weighted by Crippen LogP contribution is -2.15. The number of carbonyl (C=O) groups excluding carboxylic acids is 1. The van der Waals surface area contributed by atoms with Crippen LogP contribution in [0.3, 0.4) is 0 Å². The zero-order valence-electron chi connectivity index (χ0n) is 11.5. The van der Waals surface area contributed by atoms with Crippen molar-refractivity contribution in [1.29, 1.82) is 0 Å². The van der Waals surface area contributed by atoms with Gasteiger partial charge in [-0.1, -0.05) is 17.8 Å². The molecule has 0 heterocycles. The molecule has 0 aliphatic heterocycles. The third-order valence-corrected chi connectivity index (χ3v) is 2.23. The van der Waals surface area contributed by atoms with E-state index < -0.39 is 23.5 Å². The Morgan fingerprint density at radius 2 is 2.15 bits per heavy atom. The molecule has 0 spiro atoms. The van der Waals surface area contributed by atoms with Gasteiger partial charge in [0.15, 0.2) is 6.10 Å². The SMILES string of the molecule is C#CC(OC(C)=O)c1cc(F)ccc1C#CC(C)(C)O. The Morgan fingerprint density at radius 3 is 2.65 bits per heavy atom. The van der Waals surface area contributed by atoms with Gasteiger partial charge in [-0.2, -0.15) is 0 Å². The van der Waals surface area contributed by atoms with Gasteiger partial charge in [-0.15, -0.1) is 6.42 Å². The number of rotatable bonds is 2. The van der Waals surface area contributed by atoms with Crippen LogP contribution in [0.1, 0.15) is 38.0 Å². The Morgan fingerprint density at radius 1 is 1.50 bits per heavy atom. The third kappa shape index (κ3) is 4.76. The number of ether oxygens (including phenoxy) is 1. The van der Waals surface area contributed by atoms with E-state index in [1.807, 2.05) is 0 Å². The highest BCUT2D eigenvalue weighted by molar-refractivity contribution is 5.67. The molecule has 104 valence electrons. The fraction of sp³-hybridized carbons (Fsp3) is 0.312. The lowest BCUT2D eigenvalue weighted by atomic mass is 10.0. The predicted octanol–water partition coefficient (Wildman–Crippen LogP) is 2.19. The summed E-state index contributed by atoms with van der Waals surface area (Å²) >= 11 is 0. The molecule has 20 heavy (non-hydrogen) atoms. The highest BCUT2D eigenvalue weighted by Crippen LogP contribution is 2.22. The summed E-state index contributed by atoms with van der Waals surface area (Å²) in [4.78, 5) is 11.0. The van der Waals surface area contributed by atoms with Crippen molar-refractivity contribution in [2.75, 3.05) is 0 Å². The van der Waals surface area contributed by atoms with E-state index in [2.05, 4.69) is 17.8 Å². The van der Waals surface area contributed by atoms with Gasteiger partial charge in [0.25, 0.3) is 0 Å². The van der Waals surface area contributed by atoms with E-state index in [0.29, 0.717) is 5.56 Å². The lowest BCUT2D eigenvalue weighted by Gasteiger charge is -2.14. The fourth-order valence-corrected chi connectivity index (χ4v) is 1.44. The molecule has 3 nitrogen and oxygen atoms in total. The maximum atomic E-state index is 13.3. The molecule has 0 saturated carbocycles. The molecule has 1 aromatic rings. The molecule has 1 aromatic carbocycles. The van der Waals surface area contributed by atoms with E-state index in [4.69, 9.17) is 11.2 Å². The molecule has 4 heteroatoms. The monoisotopic (exact) mass is 274 g/mol. The Kier molecular flexibility index (Phi) is 4.91. The first kappa shape index (κ1) is 15.8. The van der Waals surface area contributed by atoms with Crippen LogP contribution in [0.4, 0.5) is 4.39 Å². The number of carbonyl (C=O) groups is 1. The number of aliphatic hydroxyl groups is 1. The summed E-state index contributed by atoms with van der Waals surface area (Å²) in [6.07, 6.45) is 4.29.